The van der Waals surface area contributed by atoms with Gasteiger partial charge in [-0.2, -0.15) is 0 Å². The van der Waals surface area contributed by atoms with Crippen LogP contribution in [0.15, 0.2) is 60.7 Å². The van der Waals surface area contributed by atoms with Gasteiger partial charge in [0, 0.05) is 19.1 Å². The average molecular weight is 371 g/mol. The molecule has 2 rings (SSSR count). The van der Waals surface area contributed by atoms with Gasteiger partial charge in [-0.15, -0.1) is 24.8 Å². The first-order valence-corrected chi connectivity index (χ1v) is 7.85. The Bertz CT molecular complexity index is 540. The minimum atomic E-state index is -0.513. The molecule has 0 bridgehead atoms. The average Bonchev–Trinajstić information content (AvgIpc) is 2.55. The summed E-state index contributed by atoms with van der Waals surface area (Å²) >= 11 is 0. The molecule has 0 aromatic heterocycles. The van der Waals surface area contributed by atoms with Gasteiger partial charge in [-0.1, -0.05) is 60.7 Å². The SMILES string of the molecule is CN(CCc1ccccc1)C[C@H](O)[C@H](N)Cc1ccccc1.Cl.Cl. The summed E-state index contributed by atoms with van der Waals surface area (Å²) in [4.78, 5) is 2.14. The minimum Gasteiger partial charge on any atom is -0.390 e. The number of hydrogen-bond acceptors (Lipinski definition) is 3. The zero-order valence-corrected chi connectivity index (χ0v) is 15.7. The molecular formula is C19H28Cl2N2O. The molecule has 0 aliphatic carbocycles. The number of aliphatic hydroxyl groups is 1. The van der Waals surface area contributed by atoms with E-state index in [1.165, 1.54) is 11.1 Å². The third-order valence-corrected chi connectivity index (χ3v) is 3.93. The topological polar surface area (TPSA) is 49.5 Å². The standard InChI is InChI=1S/C19H26N2O.2ClH/c1-21(13-12-16-8-4-2-5-9-16)15-19(22)18(20)14-17-10-6-3-7-11-17;;/h2-11,18-19,22H,12-15,20H2,1H3;2*1H/t18-,19+;;/m1../s1. The fourth-order valence-electron chi connectivity index (χ4n) is 2.53. The van der Waals surface area contributed by atoms with E-state index in [0.717, 1.165) is 13.0 Å². The van der Waals surface area contributed by atoms with Gasteiger partial charge in [0.05, 0.1) is 6.10 Å². The van der Waals surface area contributed by atoms with E-state index in [1.807, 2.05) is 43.4 Å². The maximum Gasteiger partial charge on any atom is 0.0820 e. The van der Waals surface area contributed by atoms with Crippen molar-refractivity contribution in [3.8, 4) is 0 Å². The van der Waals surface area contributed by atoms with E-state index in [-0.39, 0.29) is 30.9 Å². The molecule has 24 heavy (non-hydrogen) atoms. The predicted octanol–water partition coefficient (Wildman–Crippen LogP) is 2.94. The van der Waals surface area contributed by atoms with Gasteiger partial charge in [0.25, 0.3) is 0 Å². The largest absolute Gasteiger partial charge is 0.390 e. The molecule has 0 aliphatic rings. The van der Waals surface area contributed by atoms with Crippen LogP contribution in [0.2, 0.25) is 0 Å². The van der Waals surface area contributed by atoms with Crippen molar-refractivity contribution in [2.75, 3.05) is 20.1 Å². The fourth-order valence-corrected chi connectivity index (χ4v) is 2.53. The summed E-state index contributed by atoms with van der Waals surface area (Å²) in [6.07, 6.45) is 1.17. The number of nitrogens with two attached hydrogens (primary N) is 1. The second-order valence-electron chi connectivity index (χ2n) is 5.92. The highest BCUT2D eigenvalue weighted by Crippen LogP contribution is 2.06. The number of rotatable bonds is 8. The van der Waals surface area contributed by atoms with E-state index in [1.54, 1.807) is 0 Å². The van der Waals surface area contributed by atoms with Crippen LogP contribution in [0, 0.1) is 0 Å². The number of aliphatic hydroxyl groups excluding tert-OH is 1. The van der Waals surface area contributed by atoms with Gasteiger partial charge in [0.2, 0.25) is 0 Å². The van der Waals surface area contributed by atoms with Crippen LogP contribution in [0.25, 0.3) is 0 Å². The van der Waals surface area contributed by atoms with Gasteiger partial charge in [0.15, 0.2) is 0 Å². The van der Waals surface area contributed by atoms with Crippen molar-refractivity contribution in [2.24, 2.45) is 5.73 Å². The molecule has 0 saturated carbocycles. The van der Waals surface area contributed by atoms with Crippen LogP contribution in [0.4, 0.5) is 0 Å². The Morgan fingerprint density at radius 1 is 0.917 bits per heavy atom. The molecular weight excluding hydrogens is 343 g/mol. The van der Waals surface area contributed by atoms with Crippen molar-refractivity contribution in [3.05, 3.63) is 71.8 Å². The molecule has 0 spiro atoms. The van der Waals surface area contributed by atoms with Crippen LogP contribution in [-0.2, 0) is 12.8 Å². The number of nitrogens with zero attached hydrogens (tertiary/aromatic N) is 1. The monoisotopic (exact) mass is 370 g/mol. The van der Waals surface area contributed by atoms with E-state index >= 15 is 0 Å². The van der Waals surface area contributed by atoms with E-state index in [9.17, 15) is 5.11 Å². The highest BCUT2D eigenvalue weighted by atomic mass is 35.5. The van der Waals surface area contributed by atoms with Crippen molar-refractivity contribution in [2.45, 2.75) is 25.0 Å². The normalized spacial score (nSPS) is 12.8. The van der Waals surface area contributed by atoms with Gasteiger partial charge in [-0.25, -0.2) is 0 Å². The summed E-state index contributed by atoms with van der Waals surface area (Å²) in [6, 6.07) is 20.2. The second-order valence-corrected chi connectivity index (χ2v) is 5.92. The van der Waals surface area contributed by atoms with Crippen LogP contribution >= 0.6 is 24.8 Å². The van der Waals surface area contributed by atoms with Crippen molar-refractivity contribution in [1.82, 2.24) is 4.90 Å². The third-order valence-electron chi connectivity index (χ3n) is 3.93. The number of hydrogen-bond donors (Lipinski definition) is 2. The molecule has 0 heterocycles. The summed E-state index contributed by atoms with van der Waals surface area (Å²) in [5.74, 6) is 0. The molecule has 3 N–H and O–H groups in total. The third kappa shape index (κ3) is 8.13. The molecule has 2 atom stereocenters. The number of likely N-dealkylation sites (N-methyl/N-ethyl adjacent to an activating group) is 1. The maximum atomic E-state index is 10.3. The Labute approximate surface area is 157 Å². The zero-order chi connectivity index (χ0) is 15.8. The quantitative estimate of drug-likeness (QED) is 0.750. The molecule has 0 amide bonds. The van der Waals surface area contributed by atoms with Crippen molar-refractivity contribution >= 4 is 24.8 Å². The Hall–Kier alpha value is -1.10. The molecule has 0 aliphatic heterocycles. The molecule has 2 aromatic rings. The molecule has 0 unspecified atom stereocenters. The van der Waals surface area contributed by atoms with E-state index < -0.39 is 6.10 Å². The predicted molar refractivity (Wildman–Crippen MR) is 106 cm³/mol. The first kappa shape index (κ1) is 22.9. The summed E-state index contributed by atoms with van der Waals surface area (Å²) in [5, 5.41) is 10.3. The molecule has 3 nitrogen and oxygen atoms in total. The number of benzene rings is 2. The highest BCUT2D eigenvalue weighted by Gasteiger charge is 2.17. The molecule has 0 radical (unpaired) electrons. The Morgan fingerprint density at radius 3 is 1.96 bits per heavy atom. The van der Waals surface area contributed by atoms with Crippen molar-refractivity contribution < 1.29 is 5.11 Å². The van der Waals surface area contributed by atoms with Crippen LogP contribution in [-0.4, -0.2) is 42.3 Å². The maximum absolute atomic E-state index is 10.3. The first-order chi connectivity index (χ1) is 10.6. The first-order valence-electron chi connectivity index (χ1n) is 7.85. The lowest BCUT2D eigenvalue weighted by Gasteiger charge is -2.25. The molecule has 2 aromatic carbocycles. The Kier molecular flexibility index (Phi) is 11.7. The van der Waals surface area contributed by atoms with E-state index in [0.29, 0.717) is 13.0 Å². The second kappa shape index (κ2) is 12.3. The molecule has 5 heteroatoms. The summed E-state index contributed by atoms with van der Waals surface area (Å²) < 4.78 is 0. The highest BCUT2D eigenvalue weighted by molar-refractivity contribution is 5.85. The van der Waals surface area contributed by atoms with Gasteiger partial charge in [-0.05, 0) is 31.0 Å². The van der Waals surface area contributed by atoms with Crippen molar-refractivity contribution in [1.29, 1.82) is 0 Å². The van der Waals surface area contributed by atoms with Crippen LogP contribution < -0.4 is 5.73 Å². The Balaban J connectivity index is 0.00000264. The van der Waals surface area contributed by atoms with E-state index in [2.05, 4.69) is 29.2 Å². The zero-order valence-electron chi connectivity index (χ0n) is 14.0. The van der Waals surface area contributed by atoms with Gasteiger partial charge < -0.3 is 15.7 Å². The smallest absolute Gasteiger partial charge is 0.0820 e. The fraction of sp³-hybridized carbons (Fsp3) is 0.368. The van der Waals surface area contributed by atoms with Gasteiger partial charge in [0.1, 0.15) is 0 Å². The lowest BCUT2D eigenvalue weighted by molar-refractivity contribution is 0.102. The summed E-state index contributed by atoms with van der Waals surface area (Å²) in [6.45, 7) is 1.51. The van der Waals surface area contributed by atoms with Gasteiger partial charge >= 0.3 is 0 Å². The van der Waals surface area contributed by atoms with Crippen LogP contribution in [0.5, 0.6) is 0 Å². The molecule has 0 saturated heterocycles. The number of halogens is 2. The van der Waals surface area contributed by atoms with Crippen LogP contribution in [0.3, 0.4) is 0 Å². The van der Waals surface area contributed by atoms with E-state index in [4.69, 9.17) is 5.73 Å². The lowest BCUT2D eigenvalue weighted by atomic mass is 10.0. The molecule has 0 fully saturated rings. The lowest BCUT2D eigenvalue weighted by Crippen LogP contribution is -2.44. The minimum absolute atomic E-state index is 0. The van der Waals surface area contributed by atoms with Gasteiger partial charge in [-0.3, -0.25) is 0 Å². The summed E-state index contributed by atoms with van der Waals surface area (Å²) in [7, 11) is 2.03. The molecule has 134 valence electrons. The summed E-state index contributed by atoms with van der Waals surface area (Å²) in [5.41, 5.74) is 8.61. The van der Waals surface area contributed by atoms with Crippen LogP contribution in [0.1, 0.15) is 11.1 Å². The van der Waals surface area contributed by atoms with Crippen molar-refractivity contribution in [3.63, 3.8) is 0 Å². The Morgan fingerprint density at radius 2 is 1.42 bits per heavy atom.